The van der Waals surface area contributed by atoms with Gasteiger partial charge in [-0.05, 0) is 78.6 Å². The molecule has 1 aliphatic heterocycles. The third-order valence-electron chi connectivity index (χ3n) is 6.39. The molecule has 6 nitrogen and oxygen atoms in total. The molecule has 0 unspecified atom stereocenters. The number of nitrogens with one attached hydrogen (secondary N) is 1. The van der Waals surface area contributed by atoms with Gasteiger partial charge in [-0.3, -0.25) is 14.6 Å². The number of thiophene rings is 1. The molecule has 8 heteroatoms. The fraction of sp³-hybridized carbons (Fsp3) is 0.346. The topological polar surface area (TPSA) is 84.8 Å². The molecule has 0 amide bonds. The van der Waals surface area contributed by atoms with Crippen LogP contribution in [0.2, 0.25) is 0 Å². The summed E-state index contributed by atoms with van der Waals surface area (Å²) in [5.74, 6) is 1.25. The Hall–Kier alpha value is -2.68. The average Bonchev–Trinajstić information content (AvgIpc) is 3.49. The van der Waals surface area contributed by atoms with Crippen LogP contribution in [0.15, 0.2) is 52.3 Å². The second-order valence-electron chi connectivity index (χ2n) is 8.81. The van der Waals surface area contributed by atoms with Crippen molar-refractivity contribution in [1.82, 2.24) is 20.3 Å². The molecule has 1 N–H and O–H groups in total. The zero-order valence-corrected chi connectivity index (χ0v) is 20.4. The third-order valence-corrected chi connectivity index (χ3v) is 8.02. The third kappa shape index (κ3) is 5.68. The van der Waals surface area contributed by atoms with Crippen molar-refractivity contribution in [2.24, 2.45) is 5.92 Å². The van der Waals surface area contributed by atoms with E-state index in [0.29, 0.717) is 22.6 Å². The summed E-state index contributed by atoms with van der Waals surface area (Å²) >= 11 is 2.71. The van der Waals surface area contributed by atoms with E-state index < -0.39 is 0 Å². The van der Waals surface area contributed by atoms with E-state index in [2.05, 4.69) is 43.2 Å². The van der Waals surface area contributed by atoms with E-state index in [0.717, 1.165) is 61.9 Å². The largest absolute Gasteiger partial charge is 0.310 e. The van der Waals surface area contributed by atoms with Crippen LogP contribution < -0.4 is 5.32 Å². The van der Waals surface area contributed by atoms with Gasteiger partial charge in [-0.15, -0.1) is 0 Å². The highest BCUT2D eigenvalue weighted by Crippen LogP contribution is 2.31. The van der Waals surface area contributed by atoms with E-state index in [-0.39, 0.29) is 17.3 Å². The van der Waals surface area contributed by atoms with Crippen LogP contribution in [0.25, 0.3) is 17.3 Å². The van der Waals surface area contributed by atoms with E-state index in [9.17, 15) is 9.59 Å². The molecular formula is C26H26N4O2S2. The summed E-state index contributed by atoms with van der Waals surface area (Å²) in [6.45, 7) is 0.827. The number of thioether (sulfide) groups is 1. The molecule has 5 rings (SSSR count). The molecule has 0 radical (unpaired) electrons. The summed E-state index contributed by atoms with van der Waals surface area (Å²) in [7, 11) is 0. The van der Waals surface area contributed by atoms with Crippen LogP contribution in [-0.4, -0.2) is 31.9 Å². The lowest BCUT2D eigenvalue weighted by atomic mass is 9.84. The highest BCUT2D eigenvalue weighted by Gasteiger charge is 2.26. The summed E-state index contributed by atoms with van der Waals surface area (Å²) in [5, 5.41) is 7.89. The molecule has 1 saturated heterocycles. The van der Waals surface area contributed by atoms with Crippen LogP contribution in [0.5, 0.6) is 0 Å². The number of aromatic nitrogens is 3. The molecule has 0 bridgehead atoms. The smallest absolute Gasteiger partial charge is 0.201 e. The monoisotopic (exact) mass is 490 g/mol. The van der Waals surface area contributed by atoms with Crippen molar-refractivity contribution in [3.8, 4) is 11.3 Å². The lowest BCUT2D eigenvalue weighted by Crippen LogP contribution is -2.33. The van der Waals surface area contributed by atoms with Gasteiger partial charge in [-0.25, -0.2) is 9.97 Å². The van der Waals surface area contributed by atoms with Crippen molar-refractivity contribution >= 4 is 40.1 Å². The molecule has 1 aliphatic carbocycles. The molecule has 2 fully saturated rings. The standard InChI is InChI=1S/C26H26N4O2S2/c31-22-14-25(32)34-23(22)13-21-7-10-27-24(30-21)12-17-3-5-20(6-4-17)29-15-18-2-1-9-28-26(18)19-8-11-33-16-19/h1-2,7-11,13,16-17,20,29H,3-6,12,14-15H2/b23-13-. The number of carbonyl (C=O) groups is 2. The number of hydrogen-bond donors (Lipinski definition) is 1. The number of ketones is 1. The van der Waals surface area contributed by atoms with Crippen molar-refractivity contribution in [3.05, 3.63) is 69.4 Å². The Balaban J connectivity index is 1.13. The summed E-state index contributed by atoms with van der Waals surface area (Å²) < 4.78 is 0. The zero-order chi connectivity index (χ0) is 23.3. The summed E-state index contributed by atoms with van der Waals surface area (Å²) in [6, 6.07) is 8.58. The molecule has 4 heterocycles. The molecule has 2 aliphatic rings. The van der Waals surface area contributed by atoms with E-state index >= 15 is 0 Å². The lowest BCUT2D eigenvalue weighted by molar-refractivity contribution is -0.119. The van der Waals surface area contributed by atoms with Crippen molar-refractivity contribution < 1.29 is 9.59 Å². The highest BCUT2D eigenvalue weighted by atomic mass is 32.2. The number of hydrogen-bond acceptors (Lipinski definition) is 8. The van der Waals surface area contributed by atoms with Gasteiger partial charge in [0.05, 0.1) is 22.7 Å². The first-order valence-electron chi connectivity index (χ1n) is 11.6. The van der Waals surface area contributed by atoms with E-state index in [4.69, 9.17) is 0 Å². The molecule has 174 valence electrons. The minimum Gasteiger partial charge on any atom is -0.310 e. The van der Waals surface area contributed by atoms with Gasteiger partial charge in [-0.2, -0.15) is 11.3 Å². The van der Waals surface area contributed by atoms with E-state index in [1.54, 1.807) is 29.7 Å². The normalized spacial score (nSPS) is 21.9. The predicted molar refractivity (Wildman–Crippen MR) is 136 cm³/mol. The van der Waals surface area contributed by atoms with Gasteiger partial charge in [-0.1, -0.05) is 6.07 Å². The van der Waals surface area contributed by atoms with E-state index in [1.165, 1.54) is 11.1 Å². The van der Waals surface area contributed by atoms with Crippen molar-refractivity contribution in [2.75, 3.05) is 0 Å². The summed E-state index contributed by atoms with van der Waals surface area (Å²) in [5.41, 5.74) is 4.19. The van der Waals surface area contributed by atoms with Gasteiger partial charge in [0.1, 0.15) is 5.82 Å². The SMILES string of the molecule is O=C1CC(=O)/C(=C/c2ccnc(CC3CCC(NCc4cccnc4-c4ccsc4)CC3)n2)S1. The number of rotatable bonds is 7. The number of pyridine rings is 1. The number of carbonyl (C=O) groups excluding carboxylic acids is 2. The number of allylic oxidation sites excluding steroid dienone is 1. The van der Waals surface area contributed by atoms with Gasteiger partial charge in [0, 0.05) is 42.3 Å². The average molecular weight is 491 g/mol. The van der Waals surface area contributed by atoms with Crippen LogP contribution in [0.4, 0.5) is 0 Å². The molecule has 0 aromatic carbocycles. The minimum atomic E-state index is -0.116. The molecule has 34 heavy (non-hydrogen) atoms. The molecule has 3 aromatic heterocycles. The van der Waals surface area contributed by atoms with Crippen LogP contribution in [0.3, 0.4) is 0 Å². The second kappa shape index (κ2) is 10.7. The molecule has 0 spiro atoms. The Bertz CT molecular complexity index is 1200. The van der Waals surface area contributed by atoms with Crippen LogP contribution >= 0.6 is 23.1 Å². The number of nitrogens with zero attached hydrogens (tertiary/aromatic N) is 3. The molecule has 1 saturated carbocycles. The maximum absolute atomic E-state index is 11.9. The Morgan fingerprint density at radius 2 is 1.94 bits per heavy atom. The molecular weight excluding hydrogens is 464 g/mol. The maximum atomic E-state index is 11.9. The van der Waals surface area contributed by atoms with Crippen molar-refractivity contribution in [1.29, 1.82) is 0 Å². The fourth-order valence-corrected chi connectivity index (χ4v) is 6.05. The van der Waals surface area contributed by atoms with Crippen LogP contribution in [0, 0.1) is 5.92 Å². The Morgan fingerprint density at radius 1 is 1.06 bits per heavy atom. The second-order valence-corrected chi connectivity index (χ2v) is 10.7. The summed E-state index contributed by atoms with van der Waals surface area (Å²) in [4.78, 5) is 37.5. The highest BCUT2D eigenvalue weighted by molar-refractivity contribution is 8.18. The van der Waals surface area contributed by atoms with Crippen molar-refractivity contribution in [2.45, 2.75) is 51.1 Å². The van der Waals surface area contributed by atoms with Crippen molar-refractivity contribution in [3.63, 3.8) is 0 Å². The Labute approximate surface area is 207 Å². The first-order chi connectivity index (χ1) is 16.6. The van der Waals surface area contributed by atoms with Crippen LogP contribution in [-0.2, 0) is 22.6 Å². The number of Topliss-reactive ketones (excluding diaryl/α,β-unsaturated/α-hetero) is 1. The van der Waals surface area contributed by atoms with Gasteiger partial charge in [0.25, 0.3) is 0 Å². The van der Waals surface area contributed by atoms with Gasteiger partial charge >= 0.3 is 0 Å². The van der Waals surface area contributed by atoms with Gasteiger partial charge in [0.15, 0.2) is 5.78 Å². The zero-order valence-electron chi connectivity index (χ0n) is 18.8. The van der Waals surface area contributed by atoms with Crippen LogP contribution in [0.1, 0.15) is 49.2 Å². The minimum absolute atomic E-state index is 0.0121. The lowest BCUT2D eigenvalue weighted by Gasteiger charge is -2.29. The van der Waals surface area contributed by atoms with Gasteiger partial charge in [0.2, 0.25) is 5.12 Å². The molecule has 3 aromatic rings. The maximum Gasteiger partial charge on any atom is 0.201 e. The Morgan fingerprint density at radius 3 is 2.71 bits per heavy atom. The summed E-state index contributed by atoms with van der Waals surface area (Å²) in [6.07, 6.45) is 10.7. The first kappa shape index (κ1) is 23.1. The van der Waals surface area contributed by atoms with Gasteiger partial charge < -0.3 is 5.32 Å². The quantitative estimate of drug-likeness (QED) is 0.366. The Kier molecular flexibility index (Phi) is 7.27. The van der Waals surface area contributed by atoms with E-state index in [1.807, 2.05) is 12.3 Å². The fourth-order valence-electron chi connectivity index (χ4n) is 4.60. The predicted octanol–water partition coefficient (Wildman–Crippen LogP) is 5.06. The first-order valence-corrected chi connectivity index (χ1v) is 13.4. The molecule has 0 atom stereocenters.